The van der Waals surface area contributed by atoms with Crippen LogP contribution in [0.15, 0.2) is 0 Å². The third-order valence-corrected chi connectivity index (χ3v) is 5.24. The van der Waals surface area contributed by atoms with Crippen LogP contribution in [0, 0.1) is 17.8 Å². The van der Waals surface area contributed by atoms with Crippen LogP contribution in [-0.2, 0) is 23.1 Å². The summed E-state index contributed by atoms with van der Waals surface area (Å²) in [5.74, 6) is 0.506. The summed E-state index contributed by atoms with van der Waals surface area (Å²) in [7, 11) is 1.76. The molecule has 0 aromatic carbocycles. The van der Waals surface area contributed by atoms with Gasteiger partial charge >= 0.3 is 13.8 Å². The van der Waals surface area contributed by atoms with Gasteiger partial charge < -0.3 is 14.1 Å². The summed E-state index contributed by atoms with van der Waals surface area (Å²) in [6.45, 7) is 8.81. The van der Waals surface area contributed by atoms with E-state index in [-0.39, 0.29) is 31.7 Å². The molecule has 0 amide bonds. The molecule has 0 bridgehead atoms. The van der Waals surface area contributed by atoms with E-state index >= 15 is 0 Å². The van der Waals surface area contributed by atoms with Crippen LogP contribution in [0.25, 0.3) is 0 Å². The SMILES string of the molecule is CCC(CC(C)C(C)C)C(=O)OCCOP(=O)(O)OCC[N+](C)(C)C. The number of quaternary nitrogens is 1. The first kappa shape index (κ1) is 24.5. The molecule has 0 spiro atoms. The highest BCUT2D eigenvalue weighted by Gasteiger charge is 2.24. The summed E-state index contributed by atoms with van der Waals surface area (Å²) < 4.78 is 27.2. The molecule has 0 aromatic rings. The van der Waals surface area contributed by atoms with Crippen molar-refractivity contribution in [3.8, 4) is 0 Å². The summed E-state index contributed by atoms with van der Waals surface area (Å²) in [6.07, 6.45) is 1.49. The second-order valence-corrected chi connectivity index (χ2v) is 9.33. The van der Waals surface area contributed by atoms with Gasteiger partial charge in [-0.15, -0.1) is 0 Å². The first-order valence-corrected chi connectivity index (χ1v) is 10.5. The largest absolute Gasteiger partial charge is 0.472 e. The maximum atomic E-state index is 12.1. The first-order chi connectivity index (χ1) is 11.4. The molecule has 0 aliphatic rings. The topological polar surface area (TPSA) is 82.1 Å². The number of rotatable bonds is 13. The van der Waals surface area contributed by atoms with E-state index in [0.29, 0.717) is 29.3 Å². The number of esters is 1. The van der Waals surface area contributed by atoms with Gasteiger partial charge in [-0.1, -0.05) is 27.7 Å². The number of nitrogens with zero attached hydrogens (tertiary/aromatic N) is 1. The lowest BCUT2D eigenvalue weighted by Gasteiger charge is -2.24. The first-order valence-electron chi connectivity index (χ1n) is 8.97. The second kappa shape index (κ2) is 11.3. The number of likely N-dealkylation sites (N-methyl/N-ethyl adjacent to an activating group) is 1. The molecule has 1 N–H and O–H groups in total. The van der Waals surface area contributed by atoms with Crippen LogP contribution in [0.5, 0.6) is 0 Å². The van der Waals surface area contributed by atoms with Crippen molar-refractivity contribution in [3.05, 3.63) is 0 Å². The Hall–Kier alpha value is -0.460. The number of phosphoric acid groups is 1. The summed E-state index contributed by atoms with van der Waals surface area (Å²) >= 11 is 0. The monoisotopic (exact) mass is 382 g/mol. The number of ether oxygens (including phenoxy) is 1. The predicted octanol–water partition coefficient (Wildman–Crippen LogP) is 3.08. The van der Waals surface area contributed by atoms with E-state index < -0.39 is 7.82 Å². The molecule has 0 aliphatic carbocycles. The zero-order valence-corrected chi connectivity index (χ0v) is 17.8. The molecule has 3 unspecified atom stereocenters. The van der Waals surface area contributed by atoms with Crippen LogP contribution in [0.2, 0.25) is 0 Å². The maximum Gasteiger partial charge on any atom is 0.472 e. The molecule has 0 fully saturated rings. The van der Waals surface area contributed by atoms with Gasteiger partial charge in [-0.3, -0.25) is 13.8 Å². The van der Waals surface area contributed by atoms with Crippen molar-refractivity contribution in [3.63, 3.8) is 0 Å². The lowest BCUT2D eigenvalue weighted by molar-refractivity contribution is -0.870. The third-order valence-electron chi connectivity index (χ3n) is 4.22. The van der Waals surface area contributed by atoms with E-state index in [0.717, 1.165) is 6.42 Å². The minimum absolute atomic E-state index is 0.0609. The highest BCUT2D eigenvalue weighted by Crippen LogP contribution is 2.42. The van der Waals surface area contributed by atoms with Crippen LogP contribution < -0.4 is 0 Å². The van der Waals surface area contributed by atoms with Crippen molar-refractivity contribution < 1.29 is 32.5 Å². The maximum absolute atomic E-state index is 12.1. The Balaban J connectivity index is 4.12. The van der Waals surface area contributed by atoms with Crippen molar-refractivity contribution >= 4 is 13.8 Å². The van der Waals surface area contributed by atoms with Gasteiger partial charge in [0.1, 0.15) is 19.8 Å². The average molecular weight is 382 g/mol. The van der Waals surface area contributed by atoms with Crippen LogP contribution in [0.4, 0.5) is 0 Å². The molecule has 0 rings (SSSR count). The van der Waals surface area contributed by atoms with E-state index in [1.165, 1.54) is 0 Å². The van der Waals surface area contributed by atoms with Gasteiger partial charge in [-0.05, 0) is 24.7 Å². The fraction of sp³-hybridized carbons (Fsp3) is 0.941. The molecule has 8 heteroatoms. The number of carbonyl (C=O) groups is 1. The summed E-state index contributed by atoms with van der Waals surface area (Å²) in [6, 6.07) is 0. The Kier molecular flexibility index (Phi) is 11.1. The van der Waals surface area contributed by atoms with Gasteiger partial charge in [0.25, 0.3) is 0 Å². The molecule has 0 aliphatic heterocycles. The van der Waals surface area contributed by atoms with Crippen molar-refractivity contribution in [2.24, 2.45) is 17.8 Å². The van der Waals surface area contributed by atoms with Crippen molar-refractivity contribution in [1.29, 1.82) is 0 Å². The normalized spacial score (nSPS) is 17.2. The highest BCUT2D eigenvalue weighted by molar-refractivity contribution is 7.47. The Morgan fingerprint density at radius 2 is 1.64 bits per heavy atom. The summed E-state index contributed by atoms with van der Waals surface area (Å²) in [5.41, 5.74) is 0. The fourth-order valence-corrected chi connectivity index (χ4v) is 2.72. The van der Waals surface area contributed by atoms with Crippen LogP contribution in [0.1, 0.15) is 40.5 Å². The van der Waals surface area contributed by atoms with E-state index in [1.807, 2.05) is 28.1 Å². The average Bonchev–Trinajstić information content (AvgIpc) is 2.46. The van der Waals surface area contributed by atoms with Gasteiger partial charge in [0.15, 0.2) is 0 Å². The summed E-state index contributed by atoms with van der Waals surface area (Å²) in [5, 5.41) is 0. The van der Waals surface area contributed by atoms with Crippen molar-refractivity contribution in [1.82, 2.24) is 0 Å². The van der Waals surface area contributed by atoms with Gasteiger partial charge in [-0.2, -0.15) is 0 Å². The third kappa shape index (κ3) is 12.5. The standard InChI is InChI=1S/C17H36NO6P/c1-8-16(13-15(4)14(2)3)17(19)22-11-12-24-25(20,21)23-10-9-18(5,6)7/h14-16H,8-13H2,1-7H3/p+1. The van der Waals surface area contributed by atoms with E-state index in [9.17, 15) is 14.3 Å². The fourth-order valence-electron chi connectivity index (χ4n) is 2.03. The Morgan fingerprint density at radius 3 is 2.12 bits per heavy atom. The molecule has 25 heavy (non-hydrogen) atoms. The Labute approximate surface area is 152 Å². The van der Waals surface area contributed by atoms with Gasteiger partial charge in [0.05, 0.1) is 33.7 Å². The number of hydrogen-bond acceptors (Lipinski definition) is 5. The highest BCUT2D eigenvalue weighted by atomic mass is 31.2. The molecule has 150 valence electrons. The quantitative estimate of drug-likeness (QED) is 0.228. The van der Waals surface area contributed by atoms with Crippen LogP contribution in [0.3, 0.4) is 0 Å². The predicted molar refractivity (Wildman–Crippen MR) is 98.0 cm³/mol. The lowest BCUT2D eigenvalue weighted by atomic mass is 9.87. The molecule has 0 radical (unpaired) electrons. The summed E-state index contributed by atoms with van der Waals surface area (Å²) in [4.78, 5) is 21.7. The molecule has 0 saturated carbocycles. The van der Waals surface area contributed by atoms with E-state index in [1.54, 1.807) is 0 Å². The van der Waals surface area contributed by atoms with Gasteiger partial charge in [-0.25, -0.2) is 4.57 Å². The molecule has 7 nitrogen and oxygen atoms in total. The number of hydrogen-bond donors (Lipinski definition) is 1. The molecule has 3 atom stereocenters. The minimum atomic E-state index is -4.11. The zero-order chi connectivity index (χ0) is 19.7. The molecule has 0 saturated heterocycles. The van der Waals surface area contributed by atoms with Crippen LogP contribution in [-0.4, -0.2) is 62.9 Å². The number of phosphoric ester groups is 1. The lowest BCUT2D eigenvalue weighted by Crippen LogP contribution is -2.37. The van der Waals surface area contributed by atoms with Crippen LogP contribution >= 0.6 is 7.82 Å². The minimum Gasteiger partial charge on any atom is -0.463 e. The zero-order valence-electron chi connectivity index (χ0n) is 16.9. The van der Waals surface area contributed by atoms with Crippen molar-refractivity contribution in [2.45, 2.75) is 40.5 Å². The molecule has 0 aromatic heterocycles. The Morgan fingerprint density at radius 1 is 1.08 bits per heavy atom. The molecular formula is C17H37NO6P+. The van der Waals surface area contributed by atoms with E-state index in [2.05, 4.69) is 20.8 Å². The van der Waals surface area contributed by atoms with E-state index in [4.69, 9.17) is 13.8 Å². The van der Waals surface area contributed by atoms with Crippen molar-refractivity contribution in [2.75, 3.05) is 47.5 Å². The Bertz CT molecular complexity index is 435. The van der Waals surface area contributed by atoms with Gasteiger partial charge in [0.2, 0.25) is 0 Å². The molecule has 0 heterocycles. The number of carbonyl (C=O) groups excluding carboxylic acids is 1. The smallest absolute Gasteiger partial charge is 0.463 e. The second-order valence-electron chi connectivity index (χ2n) is 7.88. The molecular weight excluding hydrogens is 345 g/mol. The van der Waals surface area contributed by atoms with Gasteiger partial charge in [0, 0.05) is 0 Å².